The second-order valence-electron chi connectivity index (χ2n) is 3.12. The van der Waals surface area contributed by atoms with Gasteiger partial charge >= 0.3 is 5.97 Å². The molecule has 0 saturated carbocycles. The van der Waals surface area contributed by atoms with Gasteiger partial charge in [-0.25, -0.2) is 9.18 Å². The van der Waals surface area contributed by atoms with Gasteiger partial charge in [-0.1, -0.05) is 17.8 Å². The number of benzene rings is 1. The maximum Gasteiger partial charge on any atom is 0.356 e. The molecule has 0 atom stereocenters. The third-order valence-corrected chi connectivity index (χ3v) is 2.79. The smallest absolute Gasteiger partial charge is 0.356 e. The number of halogens is 1. The maximum atomic E-state index is 12.9. The van der Waals surface area contributed by atoms with Gasteiger partial charge in [-0.15, -0.1) is 10.2 Å². The van der Waals surface area contributed by atoms with Gasteiger partial charge in [0, 0.05) is 4.90 Å². The Balaban J connectivity index is 2.16. The molecule has 0 fully saturated rings. The van der Waals surface area contributed by atoms with E-state index in [1.807, 2.05) is 0 Å². The molecule has 0 radical (unpaired) electrons. The van der Waals surface area contributed by atoms with Gasteiger partial charge in [0.25, 0.3) is 0 Å². The number of nitrogens with zero attached hydrogens (tertiary/aromatic N) is 2. The lowest BCUT2D eigenvalue weighted by molar-refractivity contribution is 0.0689. The van der Waals surface area contributed by atoms with E-state index in [2.05, 4.69) is 10.2 Å². The minimum absolute atomic E-state index is 0.117. The highest BCUT2D eigenvalue weighted by molar-refractivity contribution is 7.99. The largest absolute Gasteiger partial charge is 0.476 e. The molecule has 1 aromatic carbocycles. The molecular weight excluding hydrogens is 243 g/mol. The molecule has 1 N–H and O–H groups in total. The van der Waals surface area contributed by atoms with Gasteiger partial charge in [0.15, 0.2) is 5.69 Å². The van der Waals surface area contributed by atoms with Crippen molar-refractivity contribution >= 4 is 17.7 Å². The van der Waals surface area contributed by atoms with E-state index in [4.69, 9.17) is 5.11 Å². The Morgan fingerprint density at radius 2 is 2.06 bits per heavy atom. The van der Waals surface area contributed by atoms with E-state index in [1.165, 1.54) is 36.0 Å². The number of carboxylic acids is 1. The van der Waals surface area contributed by atoms with E-state index in [0.717, 1.165) is 0 Å². The van der Waals surface area contributed by atoms with E-state index in [-0.39, 0.29) is 11.5 Å². The molecule has 0 aliphatic heterocycles. The van der Waals surface area contributed by atoms with Crippen LogP contribution in [-0.2, 0) is 0 Å². The average Bonchev–Trinajstić information content (AvgIpc) is 2.29. The van der Waals surface area contributed by atoms with Gasteiger partial charge in [-0.2, -0.15) is 0 Å². The fourth-order valence-corrected chi connectivity index (χ4v) is 1.92. The first-order valence-corrected chi connectivity index (χ1v) is 5.47. The highest BCUT2D eigenvalue weighted by Gasteiger charge is 2.06. The molecule has 1 aromatic heterocycles. The number of carbonyl (C=O) groups is 1. The number of aromatic carboxylic acids is 1. The molecule has 2 rings (SSSR count). The van der Waals surface area contributed by atoms with Crippen molar-refractivity contribution in [2.24, 2.45) is 0 Å². The van der Waals surface area contributed by atoms with Crippen LogP contribution in [-0.4, -0.2) is 21.3 Å². The van der Waals surface area contributed by atoms with Crippen LogP contribution in [0.25, 0.3) is 0 Å². The second-order valence-corrected chi connectivity index (χ2v) is 4.22. The summed E-state index contributed by atoms with van der Waals surface area (Å²) in [5.74, 6) is -1.45. The molecule has 0 bridgehead atoms. The van der Waals surface area contributed by atoms with Crippen molar-refractivity contribution in [3.05, 3.63) is 47.9 Å². The summed E-state index contributed by atoms with van der Waals surface area (Å²) in [5, 5.41) is 16.4. The fraction of sp³-hybridized carbons (Fsp3) is 0. The van der Waals surface area contributed by atoms with Crippen molar-refractivity contribution in [3.63, 3.8) is 0 Å². The van der Waals surface area contributed by atoms with Crippen LogP contribution in [0, 0.1) is 5.82 Å². The van der Waals surface area contributed by atoms with Crippen molar-refractivity contribution in [1.82, 2.24) is 10.2 Å². The molecule has 0 saturated heterocycles. The monoisotopic (exact) mass is 250 g/mol. The van der Waals surface area contributed by atoms with Gasteiger partial charge in [0.1, 0.15) is 10.8 Å². The molecule has 6 heteroatoms. The highest BCUT2D eigenvalue weighted by Crippen LogP contribution is 2.25. The third kappa shape index (κ3) is 3.01. The SMILES string of the molecule is O=C(O)c1ccc(Sc2cccc(F)c2)nn1. The van der Waals surface area contributed by atoms with Crippen LogP contribution in [0.4, 0.5) is 4.39 Å². The summed E-state index contributed by atoms with van der Waals surface area (Å²) in [6, 6.07) is 8.95. The van der Waals surface area contributed by atoms with Crippen LogP contribution in [0.15, 0.2) is 46.3 Å². The summed E-state index contributed by atoms with van der Waals surface area (Å²) < 4.78 is 12.9. The number of hydrogen-bond acceptors (Lipinski definition) is 4. The predicted octanol–water partition coefficient (Wildman–Crippen LogP) is 2.47. The predicted molar refractivity (Wildman–Crippen MR) is 59.5 cm³/mol. The molecular formula is C11H7FN2O2S. The van der Waals surface area contributed by atoms with Crippen LogP contribution in [0.2, 0.25) is 0 Å². The zero-order chi connectivity index (χ0) is 12.3. The number of aromatic nitrogens is 2. The first-order valence-electron chi connectivity index (χ1n) is 4.65. The number of carboxylic acid groups (broad SMARTS) is 1. The molecule has 86 valence electrons. The van der Waals surface area contributed by atoms with Crippen LogP contribution in [0.5, 0.6) is 0 Å². The fourth-order valence-electron chi connectivity index (χ4n) is 1.14. The van der Waals surface area contributed by atoms with Gasteiger partial charge < -0.3 is 5.11 Å². The average molecular weight is 250 g/mol. The molecule has 0 amide bonds. The van der Waals surface area contributed by atoms with E-state index in [0.29, 0.717) is 9.92 Å². The zero-order valence-corrected chi connectivity index (χ0v) is 9.32. The molecule has 0 aliphatic carbocycles. The first-order chi connectivity index (χ1) is 8.15. The van der Waals surface area contributed by atoms with E-state index >= 15 is 0 Å². The Morgan fingerprint density at radius 1 is 1.24 bits per heavy atom. The lowest BCUT2D eigenvalue weighted by Crippen LogP contribution is -2.01. The van der Waals surface area contributed by atoms with Crippen molar-refractivity contribution in [1.29, 1.82) is 0 Å². The molecule has 0 unspecified atom stereocenters. The Hall–Kier alpha value is -1.95. The molecule has 1 heterocycles. The quantitative estimate of drug-likeness (QED) is 0.906. The lowest BCUT2D eigenvalue weighted by Gasteiger charge is -2.00. The topological polar surface area (TPSA) is 63.1 Å². The standard InChI is InChI=1S/C11H7FN2O2S/c12-7-2-1-3-8(6-7)17-10-5-4-9(11(15)16)13-14-10/h1-6H,(H,15,16). The Kier molecular flexibility index (Phi) is 3.34. The first kappa shape index (κ1) is 11.5. The Morgan fingerprint density at radius 3 is 2.65 bits per heavy atom. The van der Waals surface area contributed by atoms with E-state index < -0.39 is 5.97 Å². The summed E-state index contributed by atoms with van der Waals surface area (Å²) >= 11 is 1.22. The van der Waals surface area contributed by atoms with Gasteiger partial charge in [-0.3, -0.25) is 0 Å². The minimum atomic E-state index is -1.13. The molecule has 0 aliphatic rings. The molecule has 2 aromatic rings. The van der Waals surface area contributed by atoms with Crippen molar-refractivity contribution in [3.8, 4) is 0 Å². The van der Waals surface area contributed by atoms with E-state index in [9.17, 15) is 9.18 Å². The number of hydrogen-bond donors (Lipinski definition) is 1. The lowest BCUT2D eigenvalue weighted by atomic mass is 10.4. The van der Waals surface area contributed by atoms with Gasteiger partial charge in [0.2, 0.25) is 0 Å². The number of rotatable bonds is 3. The minimum Gasteiger partial charge on any atom is -0.476 e. The summed E-state index contributed by atoms with van der Waals surface area (Å²) in [7, 11) is 0. The summed E-state index contributed by atoms with van der Waals surface area (Å²) in [5.41, 5.74) is -0.117. The summed E-state index contributed by atoms with van der Waals surface area (Å²) in [6.45, 7) is 0. The van der Waals surface area contributed by atoms with Crippen molar-refractivity contribution in [2.45, 2.75) is 9.92 Å². The van der Waals surface area contributed by atoms with Crippen LogP contribution in [0.1, 0.15) is 10.5 Å². The summed E-state index contributed by atoms with van der Waals surface area (Å²) in [4.78, 5) is 11.2. The normalized spacial score (nSPS) is 10.2. The maximum absolute atomic E-state index is 12.9. The van der Waals surface area contributed by atoms with Crippen LogP contribution >= 0.6 is 11.8 Å². The van der Waals surface area contributed by atoms with Gasteiger partial charge in [0.05, 0.1) is 0 Å². The van der Waals surface area contributed by atoms with Crippen molar-refractivity contribution < 1.29 is 14.3 Å². The molecule has 4 nitrogen and oxygen atoms in total. The third-order valence-electron chi connectivity index (χ3n) is 1.88. The highest BCUT2D eigenvalue weighted by atomic mass is 32.2. The Labute approximate surface area is 101 Å². The Bertz CT molecular complexity index is 545. The van der Waals surface area contributed by atoms with Crippen LogP contribution < -0.4 is 0 Å². The summed E-state index contributed by atoms with van der Waals surface area (Å²) in [6.07, 6.45) is 0. The zero-order valence-electron chi connectivity index (χ0n) is 8.50. The van der Waals surface area contributed by atoms with Crippen LogP contribution in [0.3, 0.4) is 0 Å². The van der Waals surface area contributed by atoms with Crippen molar-refractivity contribution in [2.75, 3.05) is 0 Å². The second kappa shape index (κ2) is 4.92. The molecule has 17 heavy (non-hydrogen) atoms. The molecule has 0 spiro atoms. The van der Waals surface area contributed by atoms with Gasteiger partial charge in [-0.05, 0) is 30.3 Å². The van der Waals surface area contributed by atoms with E-state index in [1.54, 1.807) is 12.1 Å².